The summed E-state index contributed by atoms with van der Waals surface area (Å²) < 4.78 is 18.4. The van der Waals surface area contributed by atoms with Gasteiger partial charge in [-0.25, -0.2) is 4.39 Å². The zero-order valence-electron chi connectivity index (χ0n) is 10.2. The standard InChI is InChI=1S/C12H13BrFNO4/c1-7(12(17)18)5-15-11(16)6-19-10-3-2-8(14)4-9(10)13/h2-4,7H,5-6H2,1H3,(H,15,16)(H,17,18). The number of ether oxygens (including phenoxy) is 1. The van der Waals surface area contributed by atoms with E-state index in [9.17, 15) is 14.0 Å². The summed E-state index contributed by atoms with van der Waals surface area (Å²) in [6.07, 6.45) is 0. The van der Waals surface area contributed by atoms with Crippen LogP contribution in [0, 0.1) is 11.7 Å². The molecular weight excluding hydrogens is 321 g/mol. The maximum Gasteiger partial charge on any atom is 0.308 e. The molecule has 0 aromatic heterocycles. The fourth-order valence-electron chi connectivity index (χ4n) is 1.14. The Hall–Kier alpha value is -1.63. The number of hydrogen-bond acceptors (Lipinski definition) is 3. The third-order valence-corrected chi connectivity index (χ3v) is 2.90. The van der Waals surface area contributed by atoms with Crippen molar-refractivity contribution < 1.29 is 23.8 Å². The van der Waals surface area contributed by atoms with Gasteiger partial charge in [0.1, 0.15) is 11.6 Å². The molecule has 0 saturated carbocycles. The van der Waals surface area contributed by atoms with Crippen LogP contribution in [0.4, 0.5) is 4.39 Å². The second-order valence-electron chi connectivity index (χ2n) is 3.91. The second-order valence-corrected chi connectivity index (χ2v) is 4.76. The number of carboxylic acids is 1. The summed E-state index contributed by atoms with van der Waals surface area (Å²) in [5.41, 5.74) is 0. The highest BCUT2D eigenvalue weighted by Crippen LogP contribution is 2.25. The first-order chi connectivity index (χ1) is 8.90. The van der Waals surface area contributed by atoms with Crippen molar-refractivity contribution >= 4 is 27.8 Å². The van der Waals surface area contributed by atoms with Gasteiger partial charge in [0, 0.05) is 6.54 Å². The van der Waals surface area contributed by atoms with E-state index in [4.69, 9.17) is 9.84 Å². The molecule has 1 unspecified atom stereocenters. The maximum absolute atomic E-state index is 12.8. The number of carboxylic acid groups (broad SMARTS) is 1. The summed E-state index contributed by atoms with van der Waals surface area (Å²) in [7, 11) is 0. The quantitative estimate of drug-likeness (QED) is 0.832. The van der Waals surface area contributed by atoms with Gasteiger partial charge < -0.3 is 15.2 Å². The number of aliphatic carboxylic acids is 1. The largest absolute Gasteiger partial charge is 0.483 e. The minimum absolute atomic E-state index is 0.0299. The second kappa shape index (κ2) is 7.08. The minimum atomic E-state index is -0.984. The molecule has 0 heterocycles. The summed E-state index contributed by atoms with van der Waals surface area (Å²) in [6.45, 7) is 1.25. The molecule has 0 bridgehead atoms. The first-order valence-electron chi connectivity index (χ1n) is 5.47. The Labute approximate surface area is 117 Å². The monoisotopic (exact) mass is 333 g/mol. The lowest BCUT2D eigenvalue weighted by Gasteiger charge is -2.10. The van der Waals surface area contributed by atoms with E-state index in [-0.39, 0.29) is 13.2 Å². The number of nitrogens with one attached hydrogen (secondary N) is 1. The molecule has 1 rings (SSSR count). The molecule has 0 aliphatic rings. The molecule has 7 heteroatoms. The molecule has 0 saturated heterocycles. The minimum Gasteiger partial charge on any atom is -0.483 e. The Balaban J connectivity index is 2.40. The molecule has 19 heavy (non-hydrogen) atoms. The van der Waals surface area contributed by atoms with Crippen molar-refractivity contribution in [2.75, 3.05) is 13.2 Å². The predicted molar refractivity (Wildman–Crippen MR) is 69.4 cm³/mol. The van der Waals surface area contributed by atoms with Crippen LogP contribution < -0.4 is 10.1 Å². The molecule has 104 valence electrons. The smallest absolute Gasteiger partial charge is 0.308 e. The lowest BCUT2D eigenvalue weighted by Crippen LogP contribution is -2.34. The maximum atomic E-state index is 12.8. The summed E-state index contributed by atoms with van der Waals surface area (Å²) in [5.74, 6) is -2.17. The molecule has 1 aromatic rings. The van der Waals surface area contributed by atoms with Crippen molar-refractivity contribution in [3.8, 4) is 5.75 Å². The number of carbonyl (C=O) groups excluding carboxylic acids is 1. The predicted octanol–water partition coefficient (Wildman–Crippen LogP) is 1.80. The number of hydrogen-bond donors (Lipinski definition) is 2. The van der Waals surface area contributed by atoms with Crippen molar-refractivity contribution in [2.24, 2.45) is 5.92 Å². The van der Waals surface area contributed by atoms with E-state index < -0.39 is 23.6 Å². The number of amides is 1. The van der Waals surface area contributed by atoms with Crippen molar-refractivity contribution in [1.82, 2.24) is 5.32 Å². The van der Waals surface area contributed by atoms with Crippen molar-refractivity contribution in [3.05, 3.63) is 28.5 Å². The van der Waals surface area contributed by atoms with Gasteiger partial charge in [-0.05, 0) is 34.1 Å². The van der Waals surface area contributed by atoms with Gasteiger partial charge in [0.25, 0.3) is 5.91 Å². The Morgan fingerprint density at radius 3 is 2.79 bits per heavy atom. The fourth-order valence-corrected chi connectivity index (χ4v) is 1.61. The van der Waals surface area contributed by atoms with E-state index in [1.807, 2.05) is 0 Å². The molecule has 0 spiro atoms. The molecule has 0 fully saturated rings. The SMILES string of the molecule is CC(CNC(=O)COc1ccc(F)cc1Br)C(=O)O. The van der Waals surface area contributed by atoms with Crippen LogP contribution in [0.2, 0.25) is 0 Å². The zero-order chi connectivity index (χ0) is 14.4. The zero-order valence-corrected chi connectivity index (χ0v) is 11.7. The van der Waals surface area contributed by atoms with E-state index in [0.717, 1.165) is 0 Å². The summed E-state index contributed by atoms with van der Waals surface area (Å²) >= 11 is 3.10. The van der Waals surface area contributed by atoms with E-state index >= 15 is 0 Å². The third kappa shape index (κ3) is 5.25. The molecule has 1 amide bonds. The molecule has 0 radical (unpaired) electrons. The van der Waals surface area contributed by atoms with E-state index in [1.54, 1.807) is 0 Å². The van der Waals surface area contributed by atoms with Crippen LogP contribution in [-0.4, -0.2) is 30.1 Å². The summed E-state index contributed by atoms with van der Waals surface area (Å²) in [5, 5.41) is 11.1. The van der Waals surface area contributed by atoms with Crippen LogP contribution in [0.5, 0.6) is 5.75 Å². The number of halogens is 2. The molecular formula is C12H13BrFNO4. The van der Waals surface area contributed by atoms with Gasteiger partial charge in [-0.1, -0.05) is 6.92 Å². The van der Waals surface area contributed by atoms with Crippen molar-refractivity contribution in [2.45, 2.75) is 6.92 Å². The Morgan fingerprint density at radius 1 is 1.53 bits per heavy atom. The van der Waals surface area contributed by atoms with E-state index in [0.29, 0.717) is 10.2 Å². The van der Waals surface area contributed by atoms with Crippen LogP contribution in [0.15, 0.2) is 22.7 Å². The van der Waals surface area contributed by atoms with E-state index in [1.165, 1.54) is 25.1 Å². The molecule has 5 nitrogen and oxygen atoms in total. The molecule has 0 aliphatic carbocycles. The lowest BCUT2D eigenvalue weighted by atomic mass is 10.2. The van der Waals surface area contributed by atoms with Gasteiger partial charge in [-0.2, -0.15) is 0 Å². The van der Waals surface area contributed by atoms with Crippen LogP contribution in [0.3, 0.4) is 0 Å². The fraction of sp³-hybridized carbons (Fsp3) is 0.333. The van der Waals surface area contributed by atoms with Crippen LogP contribution in [-0.2, 0) is 9.59 Å². The Kier molecular flexibility index (Phi) is 5.75. The number of benzene rings is 1. The normalized spacial score (nSPS) is 11.7. The number of rotatable bonds is 6. The van der Waals surface area contributed by atoms with E-state index in [2.05, 4.69) is 21.2 Å². The molecule has 1 atom stereocenters. The Bertz CT molecular complexity index is 481. The molecule has 0 aliphatic heterocycles. The highest BCUT2D eigenvalue weighted by atomic mass is 79.9. The van der Waals surface area contributed by atoms with Crippen molar-refractivity contribution in [1.29, 1.82) is 0 Å². The summed E-state index contributed by atoms with van der Waals surface area (Å²) in [4.78, 5) is 21.9. The highest BCUT2D eigenvalue weighted by Gasteiger charge is 2.12. The van der Waals surface area contributed by atoms with Gasteiger partial charge in [-0.3, -0.25) is 9.59 Å². The first-order valence-corrected chi connectivity index (χ1v) is 6.27. The van der Waals surface area contributed by atoms with Crippen molar-refractivity contribution in [3.63, 3.8) is 0 Å². The molecule has 2 N–H and O–H groups in total. The van der Waals surface area contributed by atoms with Crippen LogP contribution in [0.1, 0.15) is 6.92 Å². The third-order valence-electron chi connectivity index (χ3n) is 2.28. The van der Waals surface area contributed by atoms with Gasteiger partial charge >= 0.3 is 5.97 Å². The topological polar surface area (TPSA) is 75.6 Å². The molecule has 1 aromatic carbocycles. The van der Waals surface area contributed by atoms with Crippen LogP contribution in [0.25, 0.3) is 0 Å². The lowest BCUT2D eigenvalue weighted by molar-refractivity contribution is -0.141. The average Bonchev–Trinajstić information content (AvgIpc) is 2.34. The summed E-state index contributed by atoms with van der Waals surface area (Å²) in [6, 6.07) is 3.83. The Morgan fingerprint density at radius 2 is 2.21 bits per heavy atom. The van der Waals surface area contributed by atoms with Gasteiger partial charge in [0.05, 0.1) is 10.4 Å². The van der Waals surface area contributed by atoms with Gasteiger partial charge in [0.15, 0.2) is 6.61 Å². The van der Waals surface area contributed by atoms with Gasteiger partial charge in [0.2, 0.25) is 0 Å². The highest BCUT2D eigenvalue weighted by molar-refractivity contribution is 9.10. The van der Waals surface area contributed by atoms with Gasteiger partial charge in [-0.15, -0.1) is 0 Å². The number of carbonyl (C=O) groups is 2. The van der Waals surface area contributed by atoms with Crippen LogP contribution >= 0.6 is 15.9 Å². The first kappa shape index (κ1) is 15.4. The average molecular weight is 334 g/mol.